The van der Waals surface area contributed by atoms with Gasteiger partial charge in [0.05, 0.1) is 30.8 Å². The van der Waals surface area contributed by atoms with Crippen LogP contribution in [-0.4, -0.2) is 91.5 Å². The summed E-state index contributed by atoms with van der Waals surface area (Å²) in [4.78, 5) is 13.5. The Labute approximate surface area is 160 Å². The zero-order chi connectivity index (χ0) is 20.3. The van der Waals surface area contributed by atoms with Crippen LogP contribution < -0.4 is 22.9 Å². The number of amides is 1. The van der Waals surface area contributed by atoms with Crippen molar-refractivity contribution in [2.75, 3.05) is 20.7 Å². The van der Waals surface area contributed by atoms with Gasteiger partial charge in [-0.15, -0.1) is 0 Å². The van der Waals surface area contributed by atoms with Gasteiger partial charge >= 0.3 is 0 Å². The first-order chi connectivity index (χ1) is 12.7. The van der Waals surface area contributed by atoms with Gasteiger partial charge in [-0.05, 0) is 26.2 Å². The second-order valence-electron chi connectivity index (χ2n) is 7.61. The van der Waals surface area contributed by atoms with Crippen molar-refractivity contribution in [3.8, 4) is 0 Å². The minimum Gasteiger partial charge on any atom is -0.388 e. The van der Waals surface area contributed by atoms with Crippen LogP contribution in [0, 0.1) is 0 Å². The molecule has 1 aliphatic heterocycles. The summed E-state index contributed by atoms with van der Waals surface area (Å²) < 4.78 is 17.4. The molecule has 2 rings (SSSR count). The van der Waals surface area contributed by atoms with Gasteiger partial charge in [0.2, 0.25) is 5.91 Å². The quantitative estimate of drug-likeness (QED) is 0.327. The molecule has 1 saturated carbocycles. The third kappa shape index (κ3) is 4.96. The van der Waals surface area contributed by atoms with Crippen LogP contribution >= 0.6 is 0 Å². The van der Waals surface area contributed by atoms with E-state index >= 15 is 0 Å². The van der Waals surface area contributed by atoms with E-state index < -0.39 is 36.7 Å². The summed E-state index contributed by atoms with van der Waals surface area (Å²) in [6.07, 6.45) is -1.32. The summed E-state index contributed by atoms with van der Waals surface area (Å²) in [5, 5.41) is 11.0. The van der Waals surface area contributed by atoms with Crippen molar-refractivity contribution in [1.29, 1.82) is 0 Å². The molecule has 1 amide bonds. The van der Waals surface area contributed by atoms with Crippen molar-refractivity contribution in [1.82, 2.24) is 4.90 Å². The summed E-state index contributed by atoms with van der Waals surface area (Å²) in [7, 11) is 3.10. The maximum atomic E-state index is 12.1. The minimum absolute atomic E-state index is 0.160. The Balaban J connectivity index is 2.16. The Bertz CT molecular complexity index is 496. The minimum atomic E-state index is -1.08. The number of nitrogens with zero attached hydrogens (tertiary/aromatic N) is 1. The molecule has 1 aliphatic carbocycles. The van der Waals surface area contributed by atoms with Gasteiger partial charge < -0.3 is 47.2 Å². The largest absolute Gasteiger partial charge is 0.388 e. The van der Waals surface area contributed by atoms with Gasteiger partial charge in [0.25, 0.3) is 0 Å². The number of hydrogen-bond donors (Lipinski definition) is 5. The van der Waals surface area contributed by atoms with Crippen LogP contribution in [0.2, 0.25) is 0 Å². The van der Waals surface area contributed by atoms with Gasteiger partial charge in [-0.3, -0.25) is 4.79 Å². The van der Waals surface area contributed by atoms with E-state index in [1.807, 2.05) is 6.92 Å². The molecule has 0 unspecified atom stereocenters. The molecular weight excluding hydrogens is 354 g/mol. The summed E-state index contributed by atoms with van der Waals surface area (Å²) in [5.41, 5.74) is 23.8. The molecular formula is C17H35N5O5. The fourth-order valence-corrected chi connectivity index (χ4v) is 3.92. The van der Waals surface area contributed by atoms with E-state index in [4.69, 9.17) is 37.1 Å². The van der Waals surface area contributed by atoms with E-state index in [0.29, 0.717) is 12.8 Å². The second-order valence-corrected chi connectivity index (χ2v) is 7.61. The van der Waals surface area contributed by atoms with E-state index in [9.17, 15) is 9.90 Å². The molecule has 10 nitrogen and oxygen atoms in total. The van der Waals surface area contributed by atoms with Crippen molar-refractivity contribution in [3.63, 3.8) is 0 Å². The van der Waals surface area contributed by atoms with Gasteiger partial charge in [0, 0.05) is 26.2 Å². The first kappa shape index (κ1) is 22.4. The molecule has 2 aliphatic rings. The smallest absolute Gasteiger partial charge is 0.236 e. The molecule has 9 N–H and O–H groups in total. The Morgan fingerprint density at radius 1 is 1.33 bits per heavy atom. The highest BCUT2D eigenvalue weighted by Gasteiger charge is 2.48. The van der Waals surface area contributed by atoms with E-state index in [2.05, 4.69) is 0 Å². The molecule has 9 atom stereocenters. The van der Waals surface area contributed by atoms with Gasteiger partial charge in [0.1, 0.15) is 12.2 Å². The second kappa shape index (κ2) is 9.57. The van der Waals surface area contributed by atoms with Crippen LogP contribution in [0.5, 0.6) is 0 Å². The van der Waals surface area contributed by atoms with E-state index in [-0.39, 0.29) is 30.6 Å². The van der Waals surface area contributed by atoms with Crippen molar-refractivity contribution in [2.45, 2.75) is 81.1 Å². The lowest BCUT2D eigenvalue weighted by molar-refractivity contribution is -0.257. The highest BCUT2D eigenvalue weighted by molar-refractivity contribution is 5.78. The first-order valence-corrected chi connectivity index (χ1v) is 9.45. The third-order valence-corrected chi connectivity index (χ3v) is 5.63. The fraction of sp³-hybridized carbons (Fsp3) is 0.941. The highest BCUT2D eigenvalue weighted by atomic mass is 16.7. The monoisotopic (exact) mass is 389 g/mol. The van der Waals surface area contributed by atoms with Crippen molar-refractivity contribution >= 4 is 5.91 Å². The molecule has 0 bridgehead atoms. The Kier molecular flexibility index (Phi) is 7.95. The van der Waals surface area contributed by atoms with E-state index in [1.165, 1.54) is 12.0 Å². The molecule has 0 radical (unpaired) electrons. The molecule has 1 heterocycles. The Morgan fingerprint density at radius 2 is 2.00 bits per heavy atom. The maximum Gasteiger partial charge on any atom is 0.236 e. The van der Waals surface area contributed by atoms with Crippen LogP contribution in [0.4, 0.5) is 0 Å². The van der Waals surface area contributed by atoms with Crippen LogP contribution in [0.3, 0.4) is 0 Å². The number of carbonyl (C=O) groups is 1. The first-order valence-electron chi connectivity index (χ1n) is 9.45. The number of aliphatic hydroxyl groups excluding tert-OH is 1. The normalized spacial score (nSPS) is 41.2. The summed E-state index contributed by atoms with van der Waals surface area (Å²) >= 11 is 0. The molecule has 2 fully saturated rings. The van der Waals surface area contributed by atoms with Crippen molar-refractivity contribution < 1.29 is 24.1 Å². The van der Waals surface area contributed by atoms with Crippen molar-refractivity contribution in [2.24, 2.45) is 22.9 Å². The fourth-order valence-electron chi connectivity index (χ4n) is 3.92. The number of carbonyl (C=O) groups excluding carboxylic acids is 1. The van der Waals surface area contributed by atoms with Gasteiger partial charge in [-0.2, -0.15) is 0 Å². The Morgan fingerprint density at radius 3 is 2.56 bits per heavy atom. The third-order valence-electron chi connectivity index (χ3n) is 5.63. The number of likely N-dealkylation sites (N-methyl/N-ethyl adjacent to an activating group) is 1. The van der Waals surface area contributed by atoms with E-state index in [0.717, 1.165) is 6.42 Å². The van der Waals surface area contributed by atoms with E-state index in [1.54, 1.807) is 7.05 Å². The lowest BCUT2D eigenvalue weighted by atomic mass is 9.83. The lowest BCUT2D eigenvalue weighted by Gasteiger charge is -2.48. The summed E-state index contributed by atoms with van der Waals surface area (Å²) in [5.74, 6) is -0.307. The molecule has 0 aromatic heterocycles. The van der Waals surface area contributed by atoms with Gasteiger partial charge in [-0.25, -0.2) is 0 Å². The number of hydrogen-bond acceptors (Lipinski definition) is 9. The average molecular weight is 389 g/mol. The molecule has 158 valence electrons. The van der Waals surface area contributed by atoms with Crippen molar-refractivity contribution in [3.05, 3.63) is 0 Å². The highest BCUT2D eigenvalue weighted by Crippen LogP contribution is 2.30. The molecule has 27 heavy (non-hydrogen) atoms. The molecule has 0 spiro atoms. The topological polar surface area (TPSA) is 172 Å². The van der Waals surface area contributed by atoms with Gasteiger partial charge in [-0.1, -0.05) is 0 Å². The van der Waals surface area contributed by atoms with Crippen LogP contribution in [0.15, 0.2) is 0 Å². The molecule has 10 heteroatoms. The SMILES string of the molecule is CO[C@@H]1C[C@@H](N)[C@H](O[C@@H]2O[C@H]([C@@H](C)N)CC[C@H]2N)[C@H](O)[C@H]1N(C)C(=O)CN. The van der Waals surface area contributed by atoms with Gasteiger partial charge in [0.15, 0.2) is 6.29 Å². The molecule has 0 aromatic carbocycles. The number of aliphatic hydroxyl groups is 1. The zero-order valence-corrected chi connectivity index (χ0v) is 16.4. The lowest BCUT2D eigenvalue weighted by Crippen LogP contribution is -2.67. The predicted octanol–water partition coefficient (Wildman–Crippen LogP) is -2.56. The standard InChI is InChI=1S/C17H35N5O5/c1-8(19)11-5-4-9(20)17(26-11)27-16-10(21)6-12(25-3)14(15(16)24)22(2)13(23)7-18/h8-12,14-17,24H,4-7,18-21H2,1-3H3/t8-,9-,10-,11+,12-,14+,15-,16+,17+/m1/s1. The number of methoxy groups -OCH3 is 1. The summed E-state index contributed by atoms with van der Waals surface area (Å²) in [6.45, 7) is 1.70. The van der Waals surface area contributed by atoms with Crippen LogP contribution in [0.25, 0.3) is 0 Å². The number of nitrogens with two attached hydrogens (primary N) is 4. The van der Waals surface area contributed by atoms with Crippen LogP contribution in [0.1, 0.15) is 26.2 Å². The molecule has 0 aromatic rings. The zero-order valence-electron chi connectivity index (χ0n) is 16.4. The number of ether oxygens (including phenoxy) is 3. The Hall–Kier alpha value is -0.850. The average Bonchev–Trinajstić information content (AvgIpc) is 2.64. The number of rotatable bonds is 6. The maximum absolute atomic E-state index is 12.1. The molecule has 1 saturated heterocycles. The predicted molar refractivity (Wildman–Crippen MR) is 99.4 cm³/mol. The van der Waals surface area contributed by atoms with Crippen LogP contribution in [-0.2, 0) is 19.0 Å². The summed E-state index contributed by atoms with van der Waals surface area (Å²) in [6, 6.07) is -1.65.